The lowest BCUT2D eigenvalue weighted by Crippen LogP contribution is -2.27. The Morgan fingerprint density at radius 2 is 1.90 bits per heavy atom. The van der Waals surface area contributed by atoms with Crippen molar-refractivity contribution >= 4 is 17.7 Å². The predicted molar refractivity (Wildman–Crippen MR) is 74.5 cm³/mol. The number of aromatic carboxylic acids is 1. The molecule has 0 saturated heterocycles. The molecule has 2 rings (SSSR count). The maximum atomic E-state index is 11.7. The second-order valence-corrected chi connectivity index (χ2v) is 4.11. The minimum absolute atomic E-state index is 0.0925. The normalized spacial score (nSPS) is 9.95. The number of anilines is 1. The molecule has 2 aromatic rings. The molecule has 0 saturated carbocycles. The topological polar surface area (TPSA) is 101 Å². The molecular formula is C14H14N2O5. The van der Waals surface area contributed by atoms with E-state index in [-0.39, 0.29) is 12.3 Å². The van der Waals surface area contributed by atoms with E-state index < -0.39 is 12.0 Å². The van der Waals surface area contributed by atoms with Crippen LogP contribution in [-0.4, -0.2) is 24.2 Å². The van der Waals surface area contributed by atoms with E-state index in [1.165, 1.54) is 12.1 Å². The monoisotopic (exact) mass is 290 g/mol. The number of urea groups is 1. The summed E-state index contributed by atoms with van der Waals surface area (Å²) < 4.78 is 10.0. The van der Waals surface area contributed by atoms with Gasteiger partial charge in [-0.05, 0) is 36.4 Å². The summed E-state index contributed by atoms with van der Waals surface area (Å²) in [6.07, 6.45) is 0. The zero-order valence-corrected chi connectivity index (χ0v) is 11.3. The molecule has 21 heavy (non-hydrogen) atoms. The number of carbonyl (C=O) groups excluding carboxylic acids is 1. The molecule has 2 amide bonds. The Balaban J connectivity index is 1.84. The zero-order valence-electron chi connectivity index (χ0n) is 11.3. The first-order valence-corrected chi connectivity index (χ1v) is 6.09. The Labute approximate surface area is 120 Å². The van der Waals surface area contributed by atoms with Crippen LogP contribution < -0.4 is 15.4 Å². The molecular weight excluding hydrogens is 276 g/mol. The van der Waals surface area contributed by atoms with Gasteiger partial charge in [-0.3, -0.25) is 0 Å². The van der Waals surface area contributed by atoms with Gasteiger partial charge in [-0.1, -0.05) is 0 Å². The molecule has 0 radical (unpaired) electrons. The molecule has 1 heterocycles. The maximum Gasteiger partial charge on any atom is 0.371 e. The van der Waals surface area contributed by atoms with E-state index in [1.54, 1.807) is 31.4 Å². The third kappa shape index (κ3) is 4.00. The standard InChI is InChI=1S/C14H14N2O5/c1-20-10-4-2-9(3-5-10)16-14(19)15-8-11-6-7-12(21-11)13(17)18/h2-7H,8H2,1H3,(H,17,18)(H2,15,16,19). The lowest BCUT2D eigenvalue weighted by Gasteiger charge is -2.07. The highest BCUT2D eigenvalue weighted by atomic mass is 16.5. The van der Waals surface area contributed by atoms with Crippen LogP contribution in [0.1, 0.15) is 16.3 Å². The van der Waals surface area contributed by atoms with Crippen molar-refractivity contribution in [2.24, 2.45) is 0 Å². The molecule has 0 spiro atoms. The summed E-state index contributed by atoms with van der Waals surface area (Å²) in [7, 11) is 1.56. The molecule has 0 fully saturated rings. The molecule has 7 nitrogen and oxygen atoms in total. The van der Waals surface area contributed by atoms with E-state index in [2.05, 4.69) is 10.6 Å². The minimum Gasteiger partial charge on any atom is -0.497 e. The van der Waals surface area contributed by atoms with Gasteiger partial charge in [-0.2, -0.15) is 0 Å². The summed E-state index contributed by atoms with van der Waals surface area (Å²) >= 11 is 0. The van der Waals surface area contributed by atoms with Gasteiger partial charge in [0.25, 0.3) is 0 Å². The predicted octanol–water partition coefficient (Wildman–Crippen LogP) is 2.31. The van der Waals surface area contributed by atoms with Crippen LogP contribution in [0.15, 0.2) is 40.8 Å². The molecule has 110 valence electrons. The Kier molecular flexibility index (Phi) is 4.45. The number of carbonyl (C=O) groups is 2. The van der Waals surface area contributed by atoms with E-state index in [0.717, 1.165) is 0 Å². The average molecular weight is 290 g/mol. The van der Waals surface area contributed by atoms with Crippen molar-refractivity contribution < 1.29 is 23.8 Å². The molecule has 3 N–H and O–H groups in total. The second kappa shape index (κ2) is 6.47. The van der Waals surface area contributed by atoms with Gasteiger partial charge < -0.3 is 24.9 Å². The number of benzene rings is 1. The zero-order chi connectivity index (χ0) is 15.2. The maximum absolute atomic E-state index is 11.7. The molecule has 0 atom stereocenters. The fraction of sp³-hybridized carbons (Fsp3) is 0.143. The van der Waals surface area contributed by atoms with Gasteiger partial charge in [0.05, 0.1) is 13.7 Å². The van der Waals surface area contributed by atoms with Crippen molar-refractivity contribution in [3.05, 3.63) is 47.9 Å². The van der Waals surface area contributed by atoms with E-state index in [1.807, 2.05) is 0 Å². The summed E-state index contributed by atoms with van der Waals surface area (Å²) in [5.74, 6) is -0.263. The van der Waals surface area contributed by atoms with Gasteiger partial charge in [0.15, 0.2) is 0 Å². The SMILES string of the molecule is COc1ccc(NC(=O)NCc2ccc(C(=O)O)o2)cc1. The molecule has 0 unspecified atom stereocenters. The molecule has 0 aliphatic rings. The largest absolute Gasteiger partial charge is 0.497 e. The van der Waals surface area contributed by atoms with Crippen LogP contribution in [0.2, 0.25) is 0 Å². The number of carboxylic acids is 1. The van der Waals surface area contributed by atoms with E-state index in [9.17, 15) is 9.59 Å². The van der Waals surface area contributed by atoms with Crippen molar-refractivity contribution in [1.82, 2.24) is 5.32 Å². The van der Waals surface area contributed by atoms with Crippen LogP contribution in [0.4, 0.5) is 10.5 Å². The van der Waals surface area contributed by atoms with Crippen molar-refractivity contribution in [2.45, 2.75) is 6.54 Å². The van der Waals surface area contributed by atoms with E-state index >= 15 is 0 Å². The highest BCUT2D eigenvalue weighted by molar-refractivity contribution is 5.89. The number of ether oxygens (including phenoxy) is 1. The molecule has 1 aromatic carbocycles. The highest BCUT2D eigenvalue weighted by Gasteiger charge is 2.09. The van der Waals surface area contributed by atoms with E-state index in [0.29, 0.717) is 17.2 Å². The number of carboxylic acid groups (broad SMARTS) is 1. The smallest absolute Gasteiger partial charge is 0.371 e. The third-order valence-electron chi connectivity index (χ3n) is 2.64. The number of hydrogen-bond donors (Lipinski definition) is 3. The van der Waals surface area contributed by atoms with Crippen molar-refractivity contribution in [2.75, 3.05) is 12.4 Å². The summed E-state index contributed by atoms with van der Waals surface area (Å²) in [5, 5.41) is 13.9. The van der Waals surface area contributed by atoms with Crippen LogP contribution in [0, 0.1) is 0 Å². The van der Waals surface area contributed by atoms with Crippen LogP contribution in [0.25, 0.3) is 0 Å². The first-order valence-electron chi connectivity index (χ1n) is 6.09. The van der Waals surface area contributed by atoms with Gasteiger partial charge in [-0.25, -0.2) is 9.59 Å². The van der Waals surface area contributed by atoms with Gasteiger partial charge in [0.2, 0.25) is 5.76 Å². The fourth-order valence-corrected chi connectivity index (χ4v) is 1.60. The summed E-state index contributed by atoms with van der Waals surface area (Å²) in [6, 6.07) is 9.26. The van der Waals surface area contributed by atoms with Crippen molar-refractivity contribution in [3.8, 4) is 5.75 Å². The van der Waals surface area contributed by atoms with Gasteiger partial charge in [0.1, 0.15) is 11.5 Å². The molecule has 0 aliphatic carbocycles. The van der Waals surface area contributed by atoms with Crippen LogP contribution in [0.5, 0.6) is 5.75 Å². The van der Waals surface area contributed by atoms with Crippen LogP contribution in [0.3, 0.4) is 0 Å². The quantitative estimate of drug-likeness (QED) is 0.784. The van der Waals surface area contributed by atoms with Crippen LogP contribution >= 0.6 is 0 Å². The number of rotatable bonds is 5. The summed E-state index contributed by atoms with van der Waals surface area (Å²) in [4.78, 5) is 22.3. The van der Waals surface area contributed by atoms with E-state index in [4.69, 9.17) is 14.3 Å². The second-order valence-electron chi connectivity index (χ2n) is 4.11. The van der Waals surface area contributed by atoms with Gasteiger partial charge >= 0.3 is 12.0 Å². The average Bonchev–Trinajstić information content (AvgIpc) is 2.95. The number of amides is 2. The Bertz CT molecular complexity index is 633. The molecule has 7 heteroatoms. The van der Waals surface area contributed by atoms with Gasteiger partial charge in [-0.15, -0.1) is 0 Å². The third-order valence-corrected chi connectivity index (χ3v) is 2.64. The number of nitrogens with one attached hydrogen (secondary N) is 2. The van der Waals surface area contributed by atoms with Gasteiger partial charge in [0, 0.05) is 5.69 Å². The first kappa shape index (κ1) is 14.4. The Morgan fingerprint density at radius 3 is 2.48 bits per heavy atom. The lowest BCUT2D eigenvalue weighted by atomic mass is 10.3. The fourth-order valence-electron chi connectivity index (χ4n) is 1.60. The summed E-state index contributed by atoms with van der Waals surface area (Å²) in [5.41, 5.74) is 0.610. The Hall–Kier alpha value is -2.96. The Morgan fingerprint density at radius 1 is 1.19 bits per heavy atom. The minimum atomic E-state index is -1.15. The lowest BCUT2D eigenvalue weighted by molar-refractivity contribution is 0.0660. The molecule has 1 aromatic heterocycles. The first-order chi connectivity index (χ1) is 10.1. The number of hydrogen-bond acceptors (Lipinski definition) is 4. The van der Waals surface area contributed by atoms with Crippen LogP contribution in [-0.2, 0) is 6.54 Å². The number of furan rings is 1. The molecule has 0 aliphatic heterocycles. The van der Waals surface area contributed by atoms with Crippen molar-refractivity contribution in [1.29, 1.82) is 0 Å². The highest BCUT2D eigenvalue weighted by Crippen LogP contribution is 2.14. The number of methoxy groups -OCH3 is 1. The van der Waals surface area contributed by atoms with Crippen molar-refractivity contribution in [3.63, 3.8) is 0 Å². The molecule has 0 bridgehead atoms. The summed E-state index contributed by atoms with van der Waals surface area (Å²) in [6.45, 7) is 0.0925.